The SMILES string of the molecule is CCCCCC/C=C\CCCCCCCC(=O)OC(COCCC(C(=O)O)[N+](C)(C)C)COC(=O)CCCCCCC. The van der Waals surface area contributed by atoms with E-state index in [1.807, 2.05) is 21.1 Å². The van der Waals surface area contributed by atoms with Crippen LogP contribution in [0, 0.1) is 0 Å². The standard InChI is InChI=1S/C34H63NO7/c1-6-8-10-12-13-14-15-16-17-18-19-21-23-25-33(37)42-30(29-41-32(36)24-22-20-11-9-7-2)28-40-27-26-31(34(38)39)35(3,4)5/h14-15,30-31H,6-13,16-29H2,1-5H3/p+1/b15-14-. The fourth-order valence-electron chi connectivity index (χ4n) is 4.73. The highest BCUT2D eigenvalue weighted by atomic mass is 16.6. The number of nitrogens with zero attached hydrogens (tertiary/aromatic N) is 1. The fraction of sp³-hybridized carbons (Fsp3) is 0.853. The summed E-state index contributed by atoms with van der Waals surface area (Å²) in [7, 11) is 5.50. The van der Waals surface area contributed by atoms with Gasteiger partial charge in [0.05, 0.1) is 34.4 Å². The monoisotopic (exact) mass is 598 g/mol. The van der Waals surface area contributed by atoms with Gasteiger partial charge >= 0.3 is 17.9 Å². The highest BCUT2D eigenvalue weighted by Crippen LogP contribution is 2.12. The summed E-state index contributed by atoms with van der Waals surface area (Å²) < 4.78 is 17.0. The van der Waals surface area contributed by atoms with Gasteiger partial charge in [-0.15, -0.1) is 0 Å². The van der Waals surface area contributed by atoms with E-state index in [1.165, 1.54) is 38.5 Å². The number of carbonyl (C=O) groups excluding carboxylic acids is 2. The van der Waals surface area contributed by atoms with Gasteiger partial charge in [0.2, 0.25) is 0 Å². The maximum absolute atomic E-state index is 12.5. The van der Waals surface area contributed by atoms with Crippen LogP contribution in [0.25, 0.3) is 0 Å². The van der Waals surface area contributed by atoms with Crippen LogP contribution in [0.5, 0.6) is 0 Å². The van der Waals surface area contributed by atoms with E-state index in [0.717, 1.165) is 64.2 Å². The van der Waals surface area contributed by atoms with E-state index in [1.54, 1.807) is 0 Å². The largest absolute Gasteiger partial charge is 0.477 e. The molecule has 0 fully saturated rings. The minimum Gasteiger partial charge on any atom is -0.477 e. The molecule has 0 heterocycles. The van der Waals surface area contributed by atoms with Crippen LogP contribution in [0.2, 0.25) is 0 Å². The maximum Gasteiger partial charge on any atom is 0.362 e. The van der Waals surface area contributed by atoms with Crippen molar-refractivity contribution >= 4 is 17.9 Å². The van der Waals surface area contributed by atoms with Gasteiger partial charge < -0.3 is 23.8 Å². The lowest BCUT2D eigenvalue weighted by molar-refractivity contribution is -0.887. The number of aliphatic carboxylic acids is 1. The molecule has 0 radical (unpaired) electrons. The molecule has 0 spiro atoms. The van der Waals surface area contributed by atoms with E-state index in [9.17, 15) is 19.5 Å². The number of quaternary nitrogens is 1. The van der Waals surface area contributed by atoms with Crippen molar-refractivity contribution in [2.75, 3.05) is 41.0 Å². The number of hydrogen-bond acceptors (Lipinski definition) is 6. The van der Waals surface area contributed by atoms with Crippen molar-refractivity contribution < 1.29 is 38.2 Å². The van der Waals surface area contributed by atoms with Gasteiger partial charge in [-0.25, -0.2) is 4.79 Å². The maximum atomic E-state index is 12.5. The summed E-state index contributed by atoms with van der Waals surface area (Å²) in [4.78, 5) is 36.3. The van der Waals surface area contributed by atoms with Crippen LogP contribution >= 0.6 is 0 Å². The molecule has 0 rings (SSSR count). The molecule has 8 heteroatoms. The molecule has 0 aliphatic heterocycles. The molecule has 2 unspecified atom stereocenters. The molecule has 0 aliphatic carbocycles. The molecule has 0 aromatic heterocycles. The van der Waals surface area contributed by atoms with Crippen molar-refractivity contribution in [2.45, 2.75) is 148 Å². The highest BCUT2D eigenvalue weighted by molar-refractivity contribution is 5.72. The zero-order chi connectivity index (χ0) is 31.5. The van der Waals surface area contributed by atoms with Crippen LogP contribution in [-0.2, 0) is 28.6 Å². The normalized spacial score (nSPS) is 13.3. The molecule has 0 aromatic rings. The number of ether oxygens (including phenoxy) is 3. The summed E-state index contributed by atoms with van der Waals surface area (Å²) in [5.41, 5.74) is 0. The predicted molar refractivity (Wildman–Crippen MR) is 169 cm³/mol. The molecule has 1 N–H and O–H groups in total. The third-order valence-electron chi connectivity index (χ3n) is 7.41. The van der Waals surface area contributed by atoms with Gasteiger partial charge in [-0.3, -0.25) is 9.59 Å². The van der Waals surface area contributed by atoms with Crippen molar-refractivity contribution in [3.05, 3.63) is 12.2 Å². The van der Waals surface area contributed by atoms with Crippen LogP contribution in [-0.4, -0.2) is 80.6 Å². The lowest BCUT2D eigenvalue weighted by Crippen LogP contribution is -2.50. The lowest BCUT2D eigenvalue weighted by atomic mass is 10.1. The molecule has 2 atom stereocenters. The zero-order valence-corrected chi connectivity index (χ0v) is 27.7. The van der Waals surface area contributed by atoms with Crippen molar-refractivity contribution in [1.82, 2.24) is 0 Å². The van der Waals surface area contributed by atoms with E-state index < -0.39 is 18.1 Å². The molecular weight excluding hydrogens is 534 g/mol. The summed E-state index contributed by atoms with van der Waals surface area (Å²) in [5, 5.41) is 9.52. The quantitative estimate of drug-likeness (QED) is 0.0409. The second kappa shape index (κ2) is 26.7. The van der Waals surface area contributed by atoms with Gasteiger partial charge in [0.15, 0.2) is 12.1 Å². The molecule has 0 amide bonds. The first-order valence-electron chi connectivity index (χ1n) is 16.7. The van der Waals surface area contributed by atoms with Crippen LogP contribution < -0.4 is 0 Å². The third-order valence-corrected chi connectivity index (χ3v) is 7.41. The third kappa shape index (κ3) is 24.6. The lowest BCUT2D eigenvalue weighted by Gasteiger charge is -2.31. The Morgan fingerprint density at radius 3 is 1.74 bits per heavy atom. The molecule has 246 valence electrons. The molecule has 0 saturated heterocycles. The van der Waals surface area contributed by atoms with E-state index in [4.69, 9.17) is 14.2 Å². The van der Waals surface area contributed by atoms with E-state index in [0.29, 0.717) is 19.3 Å². The topological polar surface area (TPSA) is 99.1 Å². The first-order valence-corrected chi connectivity index (χ1v) is 16.7. The summed E-state index contributed by atoms with van der Waals surface area (Å²) in [6.45, 7) is 4.60. The average Bonchev–Trinajstić information content (AvgIpc) is 2.92. The Balaban J connectivity index is 4.42. The summed E-state index contributed by atoms with van der Waals surface area (Å²) in [5.74, 6) is -1.49. The van der Waals surface area contributed by atoms with Gasteiger partial charge in [-0.2, -0.15) is 0 Å². The number of carboxylic acids is 1. The number of rotatable bonds is 29. The number of carboxylic acid groups (broad SMARTS) is 1. The number of hydrogen-bond donors (Lipinski definition) is 1. The number of esters is 2. The molecule has 0 aromatic carbocycles. The Hall–Kier alpha value is -1.93. The highest BCUT2D eigenvalue weighted by Gasteiger charge is 2.31. The van der Waals surface area contributed by atoms with E-state index >= 15 is 0 Å². The van der Waals surface area contributed by atoms with Crippen molar-refractivity contribution in [3.63, 3.8) is 0 Å². The summed E-state index contributed by atoms with van der Waals surface area (Å²) in [6, 6.07) is -0.608. The van der Waals surface area contributed by atoms with Crippen molar-refractivity contribution in [1.29, 1.82) is 0 Å². The van der Waals surface area contributed by atoms with Crippen LogP contribution in [0.3, 0.4) is 0 Å². The first-order chi connectivity index (χ1) is 20.1. The molecule has 8 nitrogen and oxygen atoms in total. The van der Waals surface area contributed by atoms with Gasteiger partial charge in [0.1, 0.15) is 6.61 Å². The Morgan fingerprint density at radius 2 is 1.19 bits per heavy atom. The van der Waals surface area contributed by atoms with Gasteiger partial charge in [-0.1, -0.05) is 90.2 Å². The Kier molecular flexibility index (Phi) is 25.5. The van der Waals surface area contributed by atoms with Crippen LogP contribution in [0.15, 0.2) is 12.2 Å². The van der Waals surface area contributed by atoms with Crippen LogP contribution in [0.4, 0.5) is 0 Å². The van der Waals surface area contributed by atoms with Crippen molar-refractivity contribution in [2.24, 2.45) is 0 Å². The number of allylic oxidation sites excluding steroid dienone is 2. The predicted octanol–water partition coefficient (Wildman–Crippen LogP) is 7.63. The van der Waals surface area contributed by atoms with E-state index in [2.05, 4.69) is 26.0 Å². The molecular formula is C34H64NO7+. The summed E-state index contributed by atoms with van der Waals surface area (Å²) >= 11 is 0. The number of unbranched alkanes of at least 4 members (excludes halogenated alkanes) is 13. The first kappa shape index (κ1) is 40.1. The van der Waals surface area contributed by atoms with Crippen LogP contribution in [0.1, 0.15) is 136 Å². The zero-order valence-electron chi connectivity index (χ0n) is 27.7. The second-order valence-electron chi connectivity index (χ2n) is 12.4. The van der Waals surface area contributed by atoms with E-state index in [-0.39, 0.29) is 36.2 Å². The minimum absolute atomic E-state index is 0.0522. The molecule has 42 heavy (non-hydrogen) atoms. The fourth-order valence-corrected chi connectivity index (χ4v) is 4.73. The average molecular weight is 599 g/mol. The molecule has 0 bridgehead atoms. The number of likely N-dealkylation sites (N-methyl/N-ethyl adjacent to an activating group) is 1. The Labute approximate surface area is 257 Å². The Morgan fingerprint density at radius 1 is 0.690 bits per heavy atom. The smallest absolute Gasteiger partial charge is 0.362 e. The number of carbonyl (C=O) groups is 3. The van der Waals surface area contributed by atoms with Gasteiger partial charge in [-0.05, 0) is 38.5 Å². The van der Waals surface area contributed by atoms with Gasteiger partial charge in [0, 0.05) is 19.3 Å². The van der Waals surface area contributed by atoms with Crippen molar-refractivity contribution in [3.8, 4) is 0 Å². The second-order valence-corrected chi connectivity index (χ2v) is 12.4. The minimum atomic E-state index is -0.879. The molecule has 0 aliphatic rings. The molecule has 0 saturated carbocycles. The summed E-state index contributed by atoms with van der Waals surface area (Å²) in [6.07, 6.45) is 22.8. The Bertz CT molecular complexity index is 717. The van der Waals surface area contributed by atoms with Gasteiger partial charge in [0.25, 0.3) is 0 Å².